The molecular formula is C20H24ClN5O2S. The highest BCUT2D eigenvalue weighted by Crippen LogP contribution is 2.23. The maximum absolute atomic E-state index is 12.3. The molecule has 0 aliphatic rings. The molecule has 0 bridgehead atoms. The second-order valence-corrected chi connectivity index (χ2v) is 8.26. The van der Waals surface area contributed by atoms with E-state index in [1.807, 2.05) is 18.4 Å². The molecule has 0 fully saturated rings. The first-order valence-corrected chi connectivity index (χ1v) is 11.0. The van der Waals surface area contributed by atoms with Gasteiger partial charge in [-0.1, -0.05) is 54.5 Å². The van der Waals surface area contributed by atoms with Gasteiger partial charge in [0.2, 0.25) is 0 Å². The third kappa shape index (κ3) is 5.61. The molecule has 29 heavy (non-hydrogen) atoms. The van der Waals surface area contributed by atoms with Crippen LogP contribution in [0.5, 0.6) is 0 Å². The Kier molecular flexibility index (Phi) is 7.33. The van der Waals surface area contributed by atoms with Gasteiger partial charge in [0.05, 0.1) is 0 Å². The molecule has 0 spiro atoms. The highest BCUT2D eigenvalue weighted by molar-refractivity contribution is 7.98. The third-order valence-corrected chi connectivity index (χ3v) is 5.14. The summed E-state index contributed by atoms with van der Waals surface area (Å²) in [6, 6.07) is 8.83. The Morgan fingerprint density at radius 2 is 2.14 bits per heavy atom. The first kappa shape index (κ1) is 21.4. The summed E-state index contributed by atoms with van der Waals surface area (Å²) in [5, 5.41) is 16.8. The van der Waals surface area contributed by atoms with Crippen LogP contribution in [0.3, 0.4) is 0 Å². The van der Waals surface area contributed by atoms with Crippen molar-refractivity contribution in [1.29, 1.82) is 0 Å². The number of aryl methyl sites for hydroxylation is 1. The average molecular weight is 434 g/mol. The fraction of sp³-hybridized carbons (Fsp3) is 0.400. The van der Waals surface area contributed by atoms with Crippen LogP contribution >= 0.6 is 23.4 Å². The van der Waals surface area contributed by atoms with Gasteiger partial charge in [-0.25, -0.2) is 0 Å². The minimum Gasteiger partial charge on any atom is -0.355 e. The van der Waals surface area contributed by atoms with Gasteiger partial charge in [-0.05, 0) is 30.7 Å². The van der Waals surface area contributed by atoms with Crippen molar-refractivity contribution in [3.05, 3.63) is 46.9 Å². The zero-order chi connectivity index (χ0) is 20.8. The monoisotopic (exact) mass is 433 g/mol. The van der Waals surface area contributed by atoms with Crippen molar-refractivity contribution in [3.8, 4) is 11.3 Å². The van der Waals surface area contributed by atoms with Gasteiger partial charge in [-0.2, -0.15) is 0 Å². The van der Waals surface area contributed by atoms with Crippen LogP contribution in [0.25, 0.3) is 11.3 Å². The van der Waals surface area contributed by atoms with Crippen molar-refractivity contribution in [2.24, 2.45) is 5.92 Å². The van der Waals surface area contributed by atoms with Crippen molar-refractivity contribution in [2.45, 2.75) is 38.4 Å². The minimum atomic E-state index is -0.268. The lowest BCUT2D eigenvalue weighted by Crippen LogP contribution is -2.25. The van der Waals surface area contributed by atoms with Crippen LogP contribution < -0.4 is 5.32 Å². The van der Waals surface area contributed by atoms with Gasteiger partial charge in [-0.3, -0.25) is 4.79 Å². The summed E-state index contributed by atoms with van der Waals surface area (Å²) in [6.07, 6.45) is 3.50. The van der Waals surface area contributed by atoms with E-state index in [9.17, 15) is 4.79 Å². The molecule has 0 aliphatic heterocycles. The predicted octanol–water partition coefficient (Wildman–Crippen LogP) is 4.33. The average Bonchev–Trinajstić information content (AvgIpc) is 3.32. The summed E-state index contributed by atoms with van der Waals surface area (Å²) < 4.78 is 7.44. The van der Waals surface area contributed by atoms with E-state index in [0.717, 1.165) is 35.9 Å². The molecule has 0 saturated carbocycles. The second kappa shape index (κ2) is 9.93. The van der Waals surface area contributed by atoms with E-state index in [-0.39, 0.29) is 11.6 Å². The highest BCUT2D eigenvalue weighted by atomic mass is 35.5. The molecule has 0 aliphatic carbocycles. The van der Waals surface area contributed by atoms with Crippen LogP contribution in [0.15, 0.2) is 40.0 Å². The number of nitrogens with one attached hydrogen (secondary N) is 1. The fourth-order valence-corrected chi connectivity index (χ4v) is 3.62. The van der Waals surface area contributed by atoms with Crippen LogP contribution in [-0.2, 0) is 13.0 Å². The minimum absolute atomic E-state index is 0.243. The molecule has 1 amide bonds. The lowest BCUT2D eigenvalue weighted by Gasteiger charge is -2.11. The Bertz CT molecular complexity index is 969. The standard InChI is InChI=1S/C20H24ClN5O2S/c1-13(2)12-26-18(23-24-20(26)29-3)8-5-9-22-19(27)16-11-17(28-25-16)14-6-4-7-15(21)10-14/h4,6-7,10-11,13H,5,8-9,12H2,1-3H3,(H,22,27). The molecule has 0 atom stereocenters. The molecule has 0 radical (unpaired) electrons. The van der Waals surface area contributed by atoms with E-state index in [1.54, 1.807) is 30.0 Å². The molecule has 0 unspecified atom stereocenters. The SMILES string of the molecule is CSc1nnc(CCCNC(=O)c2cc(-c3cccc(Cl)c3)on2)n1CC(C)C. The van der Waals surface area contributed by atoms with E-state index in [4.69, 9.17) is 16.1 Å². The van der Waals surface area contributed by atoms with Crippen LogP contribution in [0.2, 0.25) is 5.02 Å². The number of halogens is 1. The van der Waals surface area contributed by atoms with Crippen molar-refractivity contribution < 1.29 is 9.32 Å². The molecule has 3 rings (SSSR count). The summed E-state index contributed by atoms with van der Waals surface area (Å²) in [5.41, 5.74) is 1.02. The van der Waals surface area contributed by atoms with Crippen molar-refractivity contribution >= 4 is 29.3 Å². The molecule has 1 N–H and O–H groups in total. The van der Waals surface area contributed by atoms with Gasteiger partial charge >= 0.3 is 0 Å². The Hall–Kier alpha value is -2.32. The second-order valence-electron chi connectivity index (χ2n) is 7.05. The zero-order valence-electron chi connectivity index (χ0n) is 16.7. The first-order chi connectivity index (χ1) is 14.0. The van der Waals surface area contributed by atoms with E-state index in [1.165, 1.54) is 0 Å². The number of hydrogen-bond donors (Lipinski definition) is 1. The van der Waals surface area contributed by atoms with E-state index in [2.05, 4.69) is 39.1 Å². The molecular weight excluding hydrogens is 410 g/mol. The Labute approximate surface area is 179 Å². The smallest absolute Gasteiger partial charge is 0.273 e. The summed E-state index contributed by atoms with van der Waals surface area (Å²) in [4.78, 5) is 12.3. The number of carbonyl (C=O) groups excluding carboxylic acids is 1. The summed E-state index contributed by atoms with van der Waals surface area (Å²) in [5.74, 6) is 1.69. The molecule has 3 aromatic rings. The lowest BCUT2D eigenvalue weighted by molar-refractivity contribution is 0.0944. The number of rotatable bonds is 9. The highest BCUT2D eigenvalue weighted by Gasteiger charge is 2.15. The maximum atomic E-state index is 12.3. The molecule has 9 heteroatoms. The molecule has 154 valence electrons. The Balaban J connectivity index is 1.53. The van der Waals surface area contributed by atoms with Crippen LogP contribution in [0, 0.1) is 5.92 Å². The van der Waals surface area contributed by atoms with E-state index >= 15 is 0 Å². The first-order valence-electron chi connectivity index (χ1n) is 9.45. The summed E-state index contributed by atoms with van der Waals surface area (Å²) in [7, 11) is 0. The molecule has 7 nitrogen and oxygen atoms in total. The number of nitrogens with zero attached hydrogens (tertiary/aromatic N) is 4. The Morgan fingerprint density at radius 1 is 1.31 bits per heavy atom. The normalized spacial score (nSPS) is 11.2. The largest absolute Gasteiger partial charge is 0.355 e. The summed E-state index contributed by atoms with van der Waals surface area (Å²) in [6.45, 7) is 5.74. The Morgan fingerprint density at radius 3 is 2.86 bits per heavy atom. The molecule has 2 heterocycles. The number of benzene rings is 1. The van der Waals surface area contributed by atoms with Crippen LogP contribution in [0.1, 0.15) is 36.6 Å². The molecule has 2 aromatic heterocycles. The van der Waals surface area contributed by atoms with E-state index < -0.39 is 0 Å². The van der Waals surface area contributed by atoms with Gasteiger partial charge in [0.15, 0.2) is 16.6 Å². The van der Waals surface area contributed by atoms with Crippen LogP contribution in [0.4, 0.5) is 0 Å². The number of aromatic nitrogens is 4. The van der Waals surface area contributed by atoms with Crippen LogP contribution in [-0.4, -0.2) is 38.6 Å². The van der Waals surface area contributed by atoms with E-state index in [0.29, 0.717) is 23.2 Å². The van der Waals surface area contributed by atoms with Crippen molar-refractivity contribution in [2.75, 3.05) is 12.8 Å². The number of carbonyl (C=O) groups is 1. The van der Waals surface area contributed by atoms with Gasteiger partial charge in [0, 0.05) is 36.2 Å². The number of thioether (sulfide) groups is 1. The maximum Gasteiger partial charge on any atom is 0.273 e. The zero-order valence-corrected chi connectivity index (χ0v) is 18.3. The van der Waals surface area contributed by atoms with Gasteiger partial charge in [0.25, 0.3) is 5.91 Å². The third-order valence-electron chi connectivity index (χ3n) is 4.24. The quantitative estimate of drug-likeness (QED) is 0.399. The van der Waals surface area contributed by atoms with Crippen molar-refractivity contribution in [1.82, 2.24) is 25.2 Å². The van der Waals surface area contributed by atoms with Gasteiger partial charge in [-0.15, -0.1) is 10.2 Å². The predicted molar refractivity (Wildman–Crippen MR) is 114 cm³/mol. The van der Waals surface area contributed by atoms with Gasteiger partial charge in [0.1, 0.15) is 5.82 Å². The fourth-order valence-electron chi connectivity index (χ4n) is 2.90. The molecule has 0 saturated heterocycles. The van der Waals surface area contributed by atoms with Crippen molar-refractivity contribution in [3.63, 3.8) is 0 Å². The van der Waals surface area contributed by atoms with Gasteiger partial charge < -0.3 is 14.4 Å². The molecule has 1 aromatic carbocycles. The summed E-state index contributed by atoms with van der Waals surface area (Å²) >= 11 is 7.59. The number of amides is 1. The lowest BCUT2D eigenvalue weighted by atomic mass is 10.1. The number of hydrogen-bond acceptors (Lipinski definition) is 6. The topological polar surface area (TPSA) is 85.8 Å².